The van der Waals surface area contributed by atoms with E-state index in [4.69, 9.17) is 0 Å². The van der Waals surface area contributed by atoms with Crippen molar-refractivity contribution in [1.29, 1.82) is 0 Å². The van der Waals surface area contributed by atoms with Gasteiger partial charge in [0.1, 0.15) is 6.04 Å². The first kappa shape index (κ1) is 25.0. The summed E-state index contributed by atoms with van der Waals surface area (Å²) in [6, 6.07) is 24.5. The fourth-order valence-electron chi connectivity index (χ4n) is 5.60. The zero-order valence-corrected chi connectivity index (χ0v) is 22.6. The van der Waals surface area contributed by atoms with Gasteiger partial charge >= 0.3 is 0 Å². The third-order valence-electron chi connectivity index (χ3n) is 7.69. The van der Waals surface area contributed by atoms with Crippen LogP contribution in [0.5, 0.6) is 0 Å². The molecule has 1 aliphatic heterocycles. The van der Waals surface area contributed by atoms with Gasteiger partial charge in [0.2, 0.25) is 0 Å². The summed E-state index contributed by atoms with van der Waals surface area (Å²) in [5.74, 6) is 0.677. The quantitative estimate of drug-likeness (QED) is 0.358. The van der Waals surface area contributed by atoms with E-state index in [0.717, 1.165) is 48.2 Å². The molecule has 0 unspecified atom stereocenters. The zero-order valence-electron chi connectivity index (χ0n) is 22.6. The minimum absolute atomic E-state index is 0.109. The lowest BCUT2D eigenvalue weighted by Gasteiger charge is -2.40. The van der Waals surface area contributed by atoms with E-state index in [1.165, 1.54) is 16.8 Å². The smallest absolute Gasteiger partial charge is 0.253 e. The molecule has 2 aromatic heterocycles. The van der Waals surface area contributed by atoms with Crippen LogP contribution >= 0.6 is 0 Å². The van der Waals surface area contributed by atoms with Crippen molar-refractivity contribution in [3.63, 3.8) is 0 Å². The number of aromatic amines is 1. The first-order chi connectivity index (χ1) is 19.0. The van der Waals surface area contributed by atoms with E-state index >= 15 is 0 Å². The van der Waals surface area contributed by atoms with E-state index in [-0.39, 0.29) is 11.6 Å². The molecule has 0 bridgehead atoms. The van der Waals surface area contributed by atoms with Gasteiger partial charge in [0, 0.05) is 42.9 Å². The molecule has 198 valence electrons. The summed E-state index contributed by atoms with van der Waals surface area (Å²) in [6.07, 6.45) is 0. The number of nitrogens with zero attached hydrogens (tertiary/aromatic N) is 6. The lowest BCUT2D eigenvalue weighted by atomic mass is 10.0. The Morgan fingerprint density at radius 2 is 1.62 bits per heavy atom. The lowest BCUT2D eigenvalue weighted by Crippen LogP contribution is -2.49. The van der Waals surface area contributed by atoms with Gasteiger partial charge in [0.25, 0.3) is 5.56 Å². The Morgan fingerprint density at radius 3 is 2.41 bits per heavy atom. The van der Waals surface area contributed by atoms with Gasteiger partial charge in [-0.25, -0.2) is 4.68 Å². The summed E-state index contributed by atoms with van der Waals surface area (Å²) in [6.45, 7) is 10.2. The number of hydrogen-bond donors (Lipinski definition) is 1. The van der Waals surface area contributed by atoms with Crippen molar-refractivity contribution in [2.24, 2.45) is 0 Å². The highest BCUT2D eigenvalue weighted by Gasteiger charge is 2.33. The van der Waals surface area contributed by atoms with E-state index in [9.17, 15) is 4.79 Å². The van der Waals surface area contributed by atoms with Crippen molar-refractivity contribution >= 4 is 16.6 Å². The number of pyridine rings is 1. The van der Waals surface area contributed by atoms with Crippen LogP contribution in [0.25, 0.3) is 10.9 Å². The SMILES string of the molecule is Cc1ccc(C)c(N2CCN([C@H](c3cc4cc(C)ccc4[nH]c3=O)c3nnnn3Cc3ccccc3)CC2)c1. The Labute approximate surface area is 227 Å². The molecule has 1 fully saturated rings. The maximum absolute atomic E-state index is 13.6. The molecule has 0 amide bonds. The van der Waals surface area contributed by atoms with Crippen LogP contribution in [-0.4, -0.2) is 56.3 Å². The average molecular weight is 520 g/mol. The van der Waals surface area contributed by atoms with Crippen molar-refractivity contribution in [2.75, 3.05) is 31.1 Å². The van der Waals surface area contributed by atoms with Crippen LogP contribution in [-0.2, 0) is 6.54 Å². The number of aromatic nitrogens is 5. The average Bonchev–Trinajstić information content (AvgIpc) is 3.39. The molecule has 0 aliphatic carbocycles. The first-order valence-corrected chi connectivity index (χ1v) is 13.5. The fourth-order valence-corrected chi connectivity index (χ4v) is 5.60. The number of piperazine rings is 1. The number of benzene rings is 3. The first-order valence-electron chi connectivity index (χ1n) is 13.5. The summed E-state index contributed by atoms with van der Waals surface area (Å²) in [7, 11) is 0. The zero-order chi connectivity index (χ0) is 26.9. The number of hydrogen-bond acceptors (Lipinski definition) is 6. The molecule has 8 heteroatoms. The maximum Gasteiger partial charge on any atom is 0.253 e. The third kappa shape index (κ3) is 5.07. The van der Waals surface area contributed by atoms with Crippen LogP contribution in [0.15, 0.2) is 77.6 Å². The molecule has 1 saturated heterocycles. The van der Waals surface area contributed by atoms with Gasteiger partial charge in [0.05, 0.1) is 6.54 Å². The van der Waals surface area contributed by atoms with E-state index in [0.29, 0.717) is 17.9 Å². The van der Waals surface area contributed by atoms with Crippen LogP contribution in [0.4, 0.5) is 5.69 Å². The van der Waals surface area contributed by atoms with E-state index < -0.39 is 0 Å². The normalized spacial score (nSPS) is 15.1. The van der Waals surface area contributed by atoms with Gasteiger partial charge in [-0.15, -0.1) is 5.10 Å². The Hall–Kier alpha value is -4.30. The van der Waals surface area contributed by atoms with E-state index in [1.54, 1.807) is 0 Å². The number of H-pyrrole nitrogens is 1. The summed E-state index contributed by atoms with van der Waals surface area (Å²) in [5, 5.41) is 13.9. The van der Waals surface area contributed by atoms with Crippen molar-refractivity contribution in [2.45, 2.75) is 33.4 Å². The predicted molar refractivity (Wildman–Crippen MR) is 154 cm³/mol. The highest BCUT2D eigenvalue weighted by atomic mass is 16.1. The van der Waals surface area contributed by atoms with Crippen LogP contribution in [0.3, 0.4) is 0 Å². The van der Waals surface area contributed by atoms with Crippen molar-refractivity contribution in [3.8, 4) is 0 Å². The van der Waals surface area contributed by atoms with Gasteiger partial charge in [-0.2, -0.15) is 0 Å². The molecule has 0 radical (unpaired) electrons. The standard InChI is InChI=1S/C31H33N7O/c1-21-10-12-27-25(17-21)19-26(31(39)32-27)29(30-33-34-35-38(30)20-24-7-5-4-6-8-24)37-15-13-36(14-16-37)28-18-22(2)9-11-23(28)3/h4-12,17-19,29H,13-16,20H2,1-3H3,(H,32,39)/t29-/m1/s1. The number of tetrazole rings is 1. The van der Waals surface area contributed by atoms with Gasteiger partial charge < -0.3 is 9.88 Å². The molecule has 0 spiro atoms. The molecule has 3 aromatic carbocycles. The van der Waals surface area contributed by atoms with Crippen LogP contribution in [0.2, 0.25) is 0 Å². The van der Waals surface area contributed by atoms with Crippen LogP contribution < -0.4 is 10.5 Å². The summed E-state index contributed by atoms with van der Waals surface area (Å²) in [4.78, 5) is 21.5. The summed E-state index contributed by atoms with van der Waals surface area (Å²) < 4.78 is 1.83. The largest absolute Gasteiger partial charge is 0.369 e. The van der Waals surface area contributed by atoms with E-state index in [1.807, 2.05) is 41.1 Å². The van der Waals surface area contributed by atoms with Crippen molar-refractivity contribution in [3.05, 3.63) is 117 Å². The minimum atomic E-state index is -0.377. The van der Waals surface area contributed by atoms with Gasteiger partial charge in [0.15, 0.2) is 5.82 Å². The summed E-state index contributed by atoms with van der Waals surface area (Å²) >= 11 is 0. The fraction of sp³-hybridized carbons (Fsp3) is 0.290. The molecule has 5 aromatic rings. The topological polar surface area (TPSA) is 82.9 Å². The molecule has 39 heavy (non-hydrogen) atoms. The molecule has 3 heterocycles. The molecule has 8 nitrogen and oxygen atoms in total. The van der Waals surface area contributed by atoms with Gasteiger partial charge in [-0.05, 0) is 77.5 Å². The minimum Gasteiger partial charge on any atom is -0.369 e. The lowest BCUT2D eigenvalue weighted by molar-refractivity contribution is 0.200. The number of rotatable bonds is 6. The number of anilines is 1. The van der Waals surface area contributed by atoms with E-state index in [2.05, 4.69) is 87.5 Å². The second-order valence-electron chi connectivity index (χ2n) is 10.5. The molecule has 6 rings (SSSR count). The Kier molecular flexibility index (Phi) is 6.70. The highest BCUT2D eigenvalue weighted by molar-refractivity contribution is 5.79. The van der Waals surface area contributed by atoms with Crippen LogP contribution in [0, 0.1) is 20.8 Å². The second kappa shape index (κ2) is 10.5. The number of aryl methyl sites for hydroxylation is 3. The van der Waals surface area contributed by atoms with Crippen molar-refractivity contribution < 1.29 is 0 Å². The Morgan fingerprint density at radius 1 is 0.872 bits per heavy atom. The summed E-state index contributed by atoms with van der Waals surface area (Å²) in [5.41, 5.74) is 7.45. The molecule has 1 atom stereocenters. The Balaban J connectivity index is 1.39. The molecular weight excluding hydrogens is 486 g/mol. The molecule has 1 N–H and O–H groups in total. The predicted octanol–water partition coefficient (Wildman–Crippen LogP) is 4.40. The third-order valence-corrected chi connectivity index (χ3v) is 7.69. The monoisotopic (exact) mass is 519 g/mol. The number of fused-ring (bicyclic) bond motifs is 1. The molecular formula is C31H33N7O. The molecule has 1 aliphatic rings. The second-order valence-corrected chi connectivity index (χ2v) is 10.5. The maximum atomic E-state index is 13.6. The van der Waals surface area contributed by atoms with Gasteiger partial charge in [-0.3, -0.25) is 9.69 Å². The number of nitrogens with one attached hydrogen (secondary N) is 1. The van der Waals surface area contributed by atoms with Gasteiger partial charge in [-0.1, -0.05) is 54.1 Å². The highest BCUT2D eigenvalue weighted by Crippen LogP contribution is 2.30. The van der Waals surface area contributed by atoms with Crippen LogP contribution in [0.1, 0.15) is 39.7 Å². The Bertz CT molecular complexity index is 1670. The van der Waals surface area contributed by atoms with Crippen molar-refractivity contribution in [1.82, 2.24) is 30.1 Å². The molecule has 0 saturated carbocycles.